The number of benzene rings is 1. The lowest BCUT2D eigenvalue weighted by Gasteiger charge is -2.26. The summed E-state index contributed by atoms with van der Waals surface area (Å²) in [6, 6.07) is 3.73. The second-order valence-corrected chi connectivity index (χ2v) is 4.70. The highest BCUT2D eigenvalue weighted by atomic mass is 16.5. The zero-order valence-corrected chi connectivity index (χ0v) is 11.5. The topological polar surface area (TPSA) is 99.1 Å². The van der Waals surface area contributed by atoms with Gasteiger partial charge in [-0.2, -0.15) is 0 Å². The summed E-state index contributed by atoms with van der Waals surface area (Å²) in [6.45, 7) is 2.42. The summed E-state index contributed by atoms with van der Waals surface area (Å²) in [6.07, 6.45) is 0.199. The van der Waals surface area contributed by atoms with Crippen LogP contribution < -0.4 is 5.32 Å². The maximum Gasteiger partial charge on any atom is 0.255 e. The normalized spacial score (nSPS) is 14.8. The van der Waals surface area contributed by atoms with Gasteiger partial charge in [0.05, 0.1) is 18.8 Å². The number of ether oxygens (including phenoxy) is 1. The Morgan fingerprint density at radius 2 is 1.95 bits per heavy atom. The summed E-state index contributed by atoms with van der Waals surface area (Å²) in [5.74, 6) is -0.936. The molecule has 1 heterocycles. The zero-order valence-electron chi connectivity index (χ0n) is 11.5. The van der Waals surface area contributed by atoms with Crippen molar-refractivity contribution in [3.8, 4) is 11.5 Å². The number of hydrogen-bond acceptors (Lipinski definition) is 5. The molecule has 1 aliphatic rings. The molecule has 0 aromatic heterocycles. The lowest BCUT2D eigenvalue weighted by Crippen LogP contribution is -2.42. The van der Waals surface area contributed by atoms with Gasteiger partial charge < -0.3 is 25.2 Å². The predicted octanol–water partition coefficient (Wildman–Crippen LogP) is 0.0765. The molecular formula is C14H18N2O5. The third kappa shape index (κ3) is 4.09. The highest BCUT2D eigenvalue weighted by Gasteiger charge is 2.17. The van der Waals surface area contributed by atoms with E-state index in [0.29, 0.717) is 26.3 Å². The van der Waals surface area contributed by atoms with E-state index < -0.39 is 5.91 Å². The highest BCUT2D eigenvalue weighted by Crippen LogP contribution is 2.22. The van der Waals surface area contributed by atoms with Crippen LogP contribution in [0.1, 0.15) is 16.8 Å². The lowest BCUT2D eigenvalue weighted by atomic mass is 10.2. The van der Waals surface area contributed by atoms with Crippen molar-refractivity contribution in [2.24, 2.45) is 0 Å². The molecule has 0 radical (unpaired) electrons. The Morgan fingerprint density at radius 1 is 1.24 bits per heavy atom. The maximum absolute atomic E-state index is 11.9. The number of nitrogens with zero attached hydrogens (tertiary/aromatic N) is 1. The number of amides is 2. The minimum Gasteiger partial charge on any atom is -0.508 e. The van der Waals surface area contributed by atoms with Crippen LogP contribution in [0.25, 0.3) is 0 Å². The van der Waals surface area contributed by atoms with E-state index in [4.69, 9.17) is 9.84 Å². The number of carbonyl (C=O) groups excluding carboxylic acids is 2. The molecule has 0 unspecified atom stereocenters. The van der Waals surface area contributed by atoms with Crippen molar-refractivity contribution in [2.75, 3.05) is 32.8 Å². The Morgan fingerprint density at radius 3 is 2.62 bits per heavy atom. The first kappa shape index (κ1) is 15.1. The largest absolute Gasteiger partial charge is 0.508 e. The molecule has 0 saturated carbocycles. The summed E-state index contributed by atoms with van der Waals surface area (Å²) >= 11 is 0. The number of phenols is 2. The van der Waals surface area contributed by atoms with Gasteiger partial charge in [-0.15, -0.1) is 0 Å². The van der Waals surface area contributed by atoms with E-state index in [1.165, 1.54) is 12.1 Å². The van der Waals surface area contributed by atoms with Crippen LogP contribution in [0.15, 0.2) is 18.2 Å². The molecule has 7 heteroatoms. The van der Waals surface area contributed by atoms with Gasteiger partial charge in [-0.05, 0) is 12.1 Å². The summed E-state index contributed by atoms with van der Waals surface area (Å²) in [7, 11) is 0. The van der Waals surface area contributed by atoms with E-state index in [2.05, 4.69) is 5.32 Å². The highest BCUT2D eigenvalue weighted by molar-refractivity contribution is 5.97. The minimum atomic E-state index is -0.484. The van der Waals surface area contributed by atoms with Crippen molar-refractivity contribution in [2.45, 2.75) is 6.42 Å². The Bertz CT molecular complexity index is 526. The van der Waals surface area contributed by atoms with Crippen LogP contribution in [0.4, 0.5) is 0 Å². The standard InChI is InChI=1S/C14H18N2O5/c17-10-1-2-11(12(18)9-10)14(20)15-4-3-13(19)16-5-7-21-8-6-16/h1-2,9,17-18H,3-8H2,(H,15,20). The van der Waals surface area contributed by atoms with Gasteiger partial charge in [-0.3, -0.25) is 9.59 Å². The summed E-state index contributed by atoms with van der Waals surface area (Å²) < 4.78 is 5.16. The van der Waals surface area contributed by atoms with Crippen LogP contribution in [0, 0.1) is 0 Å². The Balaban J connectivity index is 1.79. The maximum atomic E-state index is 11.9. The van der Waals surface area contributed by atoms with Gasteiger partial charge in [0.15, 0.2) is 0 Å². The van der Waals surface area contributed by atoms with E-state index in [-0.39, 0.29) is 35.9 Å². The second kappa shape index (κ2) is 6.94. The molecule has 7 nitrogen and oxygen atoms in total. The number of aromatic hydroxyl groups is 2. The zero-order chi connectivity index (χ0) is 15.2. The molecule has 21 heavy (non-hydrogen) atoms. The van der Waals surface area contributed by atoms with Gasteiger partial charge in [0, 0.05) is 32.1 Å². The molecule has 0 spiro atoms. The fraction of sp³-hybridized carbons (Fsp3) is 0.429. The number of hydrogen-bond donors (Lipinski definition) is 3. The average Bonchev–Trinajstić information content (AvgIpc) is 2.47. The molecule has 0 bridgehead atoms. The van der Waals surface area contributed by atoms with E-state index in [9.17, 15) is 14.7 Å². The first-order valence-corrected chi connectivity index (χ1v) is 6.73. The van der Waals surface area contributed by atoms with E-state index in [1.54, 1.807) is 4.90 Å². The molecule has 1 aromatic rings. The molecular weight excluding hydrogens is 276 g/mol. The Hall–Kier alpha value is -2.28. The summed E-state index contributed by atoms with van der Waals surface area (Å²) in [5.41, 5.74) is 0.0617. The van der Waals surface area contributed by atoms with Gasteiger partial charge in [-0.25, -0.2) is 0 Å². The SMILES string of the molecule is O=C(NCCC(=O)N1CCOCC1)c1ccc(O)cc1O. The van der Waals surface area contributed by atoms with Crippen molar-refractivity contribution >= 4 is 11.8 Å². The van der Waals surface area contributed by atoms with Gasteiger partial charge in [0.2, 0.25) is 5.91 Å². The predicted molar refractivity (Wildman–Crippen MR) is 74.1 cm³/mol. The lowest BCUT2D eigenvalue weighted by molar-refractivity contribution is -0.135. The van der Waals surface area contributed by atoms with Crippen LogP contribution in [0.2, 0.25) is 0 Å². The van der Waals surface area contributed by atoms with Crippen LogP contribution >= 0.6 is 0 Å². The third-order valence-electron chi connectivity index (χ3n) is 3.21. The van der Waals surface area contributed by atoms with E-state index in [0.717, 1.165) is 6.07 Å². The minimum absolute atomic E-state index is 0.0338. The smallest absolute Gasteiger partial charge is 0.255 e. The summed E-state index contributed by atoms with van der Waals surface area (Å²) in [4.78, 5) is 25.4. The first-order chi connectivity index (χ1) is 10.1. The number of nitrogens with one attached hydrogen (secondary N) is 1. The quantitative estimate of drug-likeness (QED) is 0.730. The van der Waals surface area contributed by atoms with Crippen LogP contribution in [0.3, 0.4) is 0 Å². The first-order valence-electron chi connectivity index (χ1n) is 6.73. The molecule has 114 valence electrons. The van der Waals surface area contributed by atoms with Crippen LogP contribution in [0.5, 0.6) is 11.5 Å². The van der Waals surface area contributed by atoms with Gasteiger partial charge >= 0.3 is 0 Å². The van der Waals surface area contributed by atoms with Crippen molar-refractivity contribution in [1.82, 2.24) is 10.2 Å². The molecule has 2 rings (SSSR count). The molecule has 1 saturated heterocycles. The van der Waals surface area contributed by atoms with E-state index in [1.807, 2.05) is 0 Å². The Labute approximate surface area is 122 Å². The van der Waals surface area contributed by atoms with Crippen molar-refractivity contribution in [3.63, 3.8) is 0 Å². The number of morpholine rings is 1. The number of rotatable bonds is 4. The number of carbonyl (C=O) groups is 2. The Kier molecular flexibility index (Phi) is 4.99. The average molecular weight is 294 g/mol. The van der Waals surface area contributed by atoms with Crippen molar-refractivity contribution in [3.05, 3.63) is 23.8 Å². The molecule has 0 aliphatic carbocycles. The van der Waals surface area contributed by atoms with Gasteiger partial charge in [-0.1, -0.05) is 0 Å². The molecule has 1 aliphatic heterocycles. The summed E-state index contributed by atoms with van der Waals surface area (Å²) in [5, 5.41) is 21.3. The van der Waals surface area contributed by atoms with Crippen LogP contribution in [-0.4, -0.2) is 59.8 Å². The fourth-order valence-electron chi connectivity index (χ4n) is 2.06. The molecule has 0 atom stereocenters. The molecule has 2 amide bonds. The second-order valence-electron chi connectivity index (χ2n) is 4.70. The fourth-order valence-corrected chi connectivity index (χ4v) is 2.06. The molecule has 1 aromatic carbocycles. The molecule has 3 N–H and O–H groups in total. The van der Waals surface area contributed by atoms with E-state index >= 15 is 0 Å². The van der Waals surface area contributed by atoms with Crippen molar-refractivity contribution < 1.29 is 24.5 Å². The number of phenolic OH excluding ortho intramolecular Hbond substituents is 2. The third-order valence-corrected chi connectivity index (χ3v) is 3.21. The van der Waals surface area contributed by atoms with Crippen molar-refractivity contribution in [1.29, 1.82) is 0 Å². The van der Waals surface area contributed by atoms with Gasteiger partial charge in [0.25, 0.3) is 5.91 Å². The molecule has 1 fully saturated rings. The monoisotopic (exact) mass is 294 g/mol. The van der Waals surface area contributed by atoms with Crippen LogP contribution in [-0.2, 0) is 9.53 Å². The van der Waals surface area contributed by atoms with Gasteiger partial charge in [0.1, 0.15) is 11.5 Å².